The van der Waals surface area contributed by atoms with Crippen molar-refractivity contribution in [1.29, 1.82) is 0 Å². The van der Waals surface area contributed by atoms with Crippen molar-refractivity contribution in [2.75, 3.05) is 13.2 Å². The minimum Gasteiger partial charge on any atom is -0.461 e. The smallest absolute Gasteiger partial charge is 0.359 e. The monoisotopic (exact) mass is 439 g/mol. The fourth-order valence-corrected chi connectivity index (χ4v) is 5.59. The van der Waals surface area contributed by atoms with E-state index in [0.29, 0.717) is 29.0 Å². The van der Waals surface area contributed by atoms with E-state index in [-0.39, 0.29) is 18.8 Å². The molecule has 3 aromatic rings. The van der Waals surface area contributed by atoms with E-state index in [1.165, 1.54) is 4.31 Å². The summed E-state index contributed by atoms with van der Waals surface area (Å²) in [5.74, 6) is -0.542. The Labute approximate surface area is 182 Å². The third-order valence-corrected chi connectivity index (χ3v) is 7.44. The van der Waals surface area contributed by atoms with Gasteiger partial charge in [-0.2, -0.15) is 9.40 Å². The first-order chi connectivity index (χ1) is 14.8. The number of carbonyl (C=O) groups is 1. The normalized spacial score (nSPS) is 14.3. The SMILES string of the molecule is CCOC(=O)c1nn(-c2ccccc2)c2c1CN(S(=O)(=O)c1cc(C)ccc1C)CC2. The molecule has 2 aromatic carbocycles. The molecule has 0 saturated carbocycles. The van der Waals surface area contributed by atoms with Crippen LogP contribution in [0.5, 0.6) is 0 Å². The van der Waals surface area contributed by atoms with E-state index in [1.54, 1.807) is 24.6 Å². The summed E-state index contributed by atoms with van der Waals surface area (Å²) >= 11 is 0. The van der Waals surface area contributed by atoms with Gasteiger partial charge in [-0.25, -0.2) is 17.9 Å². The lowest BCUT2D eigenvalue weighted by atomic mass is 10.1. The van der Waals surface area contributed by atoms with Crippen LogP contribution in [0.1, 0.15) is 39.8 Å². The molecule has 31 heavy (non-hydrogen) atoms. The van der Waals surface area contributed by atoms with Crippen molar-refractivity contribution in [3.05, 3.63) is 76.6 Å². The molecule has 1 aliphatic heterocycles. The lowest BCUT2D eigenvalue weighted by Crippen LogP contribution is -2.37. The van der Waals surface area contributed by atoms with Crippen molar-refractivity contribution in [1.82, 2.24) is 14.1 Å². The molecular weight excluding hydrogens is 414 g/mol. The highest BCUT2D eigenvalue weighted by Gasteiger charge is 2.35. The Kier molecular flexibility index (Phi) is 5.68. The van der Waals surface area contributed by atoms with Gasteiger partial charge in [0.1, 0.15) is 0 Å². The largest absolute Gasteiger partial charge is 0.461 e. The summed E-state index contributed by atoms with van der Waals surface area (Å²) in [6, 6.07) is 14.9. The molecule has 0 atom stereocenters. The van der Waals surface area contributed by atoms with Crippen LogP contribution in [0.3, 0.4) is 0 Å². The second-order valence-electron chi connectivity index (χ2n) is 7.60. The van der Waals surface area contributed by atoms with Gasteiger partial charge in [0.25, 0.3) is 0 Å². The van der Waals surface area contributed by atoms with Gasteiger partial charge in [-0.3, -0.25) is 0 Å². The maximum Gasteiger partial charge on any atom is 0.359 e. The van der Waals surface area contributed by atoms with E-state index in [1.807, 2.05) is 49.4 Å². The van der Waals surface area contributed by atoms with Crippen molar-refractivity contribution < 1.29 is 17.9 Å². The minimum absolute atomic E-state index is 0.0754. The van der Waals surface area contributed by atoms with E-state index in [9.17, 15) is 13.2 Å². The van der Waals surface area contributed by atoms with Crippen LogP contribution in [0.2, 0.25) is 0 Å². The number of aryl methyl sites for hydroxylation is 2. The molecule has 0 fully saturated rings. The van der Waals surface area contributed by atoms with Crippen molar-refractivity contribution in [2.24, 2.45) is 0 Å². The molecule has 2 heterocycles. The third-order valence-electron chi connectivity index (χ3n) is 5.45. The highest BCUT2D eigenvalue weighted by Crippen LogP contribution is 2.30. The molecule has 0 spiro atoms. The van der Waals surface area contributed by atoms with Gasteiger partial charge in [-0.05, 0) is 50.1 Å². The highest BCUT2D eigenvalue weighted by atomic mass is 32.2. The predicted molar refractivity (Wildman–Crippen MR) is 117 cm³/mol. The summed E-state index contributed by atoms with van der Waals surface area (Å²) in [6.45, 7) is 6.00. The Hall–Kier alpha value is -2.97. The summed E-state index contributed by atoms with van der Waals surface area (Å²) in [6.07, 6.45) is 0.445. The van der Waals surface area contributed by atoms with Crippen molar-refractivity contribution in [3.8, 4) is 5.69 Å². The number of carbonyl (C=O) groups excluding carboxylic acids is 1. The number of para-hydroxylation sites is 1. The van der Waals surface area contributed by atoms with Gasteiger partial charge in [0, 0.05) is 25.1 Å². The Morgan fingerprint density at radius 3 is 2.58 bits per heavy atom. The minimum atomic E-state index is -3.72. The average molecular weight is 440 g/mol. The zero-order valence-electron chi connectivity index (χ0n) is 17.8. The molecule has 0 aliphatic carbocycles. The van der Waals surface area contributed by atoms with E-state index in [4.69, 9.17) is 4.74 Å². The molecule has 1 aliphatic rings. The van der Waals surface area contributed by atoms with Crippen LogP contribution in [0.15, 0.2) is 53.4 Å². The van der Waals surface area contributed by atoms with Gasteiger partial charge in [0.05, 0.1) is 22.9 Å². The molecule has 1 aromatic heterocycles. The van der Waals surface area contributed by atoms with Crippen LogP contribution in [0.25, 0.3) is 5.69 Å². The number of sulfonamides is 1. The summed E-state index contributed by atoms with van der Waals surface area (Å²) < 4.78 is 35.2. The number of fused-ring (bicyclic) bond motifs is 1. The summed E-state index contributed by atoms with van der Waals surface area (Å²) in [5, 5.41) is 4.52. The Balaban J connectivity index is 1.78. The van der Waals surface area contributed by atoms with Gasteiger partial charge in [0.15, 0.2) is 5.69 Å². The van der Waals surface area contributed by atoms with Crippen LogP contribution in [0.4, 0.5) is 0 Å². The molecule has 0 saturated heterocycles. The molecule has 0 radical (unpaired) electrons. The van der Waals surface area contributed by atoms with E-state index in [0.717, 1.165) is 16.9 Å². The standard InChI is InChI=1S/C23H25N3O4S/c1-4-30-23(27)22-19-15-25(31(28,29)21-14-16(2)10-11-17(21)3)13-12-20(19)26(24-22)18-8-6-5-7-9-18/h5-11,14H,4,12-13,15H2,1-3H3. The molecule has 0 bridgehead atoms. The van der Waals surface area contributed by atoms with Crippen molar-refractivity contribution in [3.63, 3.8) is 0 Å². The van der Waals surface area contributed by atoms with Gasteiger partial charge in [-0.15, -0.1) is 0 Å². The van der Waals surface area contributed by atoms with E-state index >= 15 is 0 Å². The second-order valence-corrected chi connectivity index (χ2v) is 9.51. The van der Waals surface area contributed by atoms with Gasteiger partial charge in [0.2, 0.25) is 10.0 Å². The lowest BCUT2D eigenvalue weighted by Gasteiger charge is -2.27. The maximum absolute atomic E-state index is 13.4. The first-order valence-electron chi connectivity index (χ1n) is 10.2. The number of ether oxygens (including phenoxy) is 1. The molecule has 7 nitrogen and oxygen atoms in total. The summed E-state index contributed by atoms with van der Waals surface area (Å²) in [7, 11) is -3.72. The van der Waals surface area contributed by atoms with E-state index in [2.05, 4.69) is 5.10 Å². The summed E-state index contributed by atoms with van der Waals surface area (Å²) in [4.78, 5) is 12.9. The zero-order chi connectivity index (χ0) is 22.2. The van der Waals surface area contributed by atoms with Crippen LogP contribution in [-0.4, -0.2) is 41.6 Å². The van der Waals surface area contributed by atoms with Gasteiger partial charge < -0.3 is 4.74 Å². The van der Waals surface area contributed by atoms with Crippen molar-refractivity contribution in [2.45, 2.75) is 38.6 Å². The van der Waals surface area contributed by atoms with E-state index < -0.39 is 16.0 Å². The summed E-state index contributed by atoms with van der Waals surface area (Å²) in [5.41, 5.74) is 4.00. The number of hydrogen-bond donors (Lipinski definition) is 0. The van der Waals surface area contributed by atoms with Crippen LogP contribution < -0.4 is 0 Å². The fourth-order valence-electron chi connectivity index (χ4n) is 3.87. The molecule has 0 amide bonds. The number of nitrogens with zero attached hydrogens (tertiary/aromatic N) is 3. The third kappa shape index (κ3) is 3.88. The first kappa shape index (κ1) is 21.3. The predicted octanol–water partition coefficient (Wildman–Crippen LogP) is 3.41. The highest BCUT2D eigenvalue weighted by molar-refractivity contribution is 7.89. The topological polar surface area (TPSA) is 81.5 Å². The Morgan fingerprint density at radius 1 is 1.13 bits per heavy atom. The first-order valence-corrected chi connectivity index (χ1v) is 11.7. The van der Waals surface area contributed by atoms with Crippen molar-refractivity contribution >= 4 is 16.0 Å². The Bertz CT molecular complexity index is 1230. The van der Waals surface area contributed by atoms with Crippen LogP contribution >= 0.6 is 0 Å². The fraction of sp³-hybridized carbons (Fsp3) is 0.304. The van der Waals surface area contributed by atoms with Crippen LogP contribution in [0, 0.1) is 13.8 Å². The molecule has 8 heteroatoms. The quantitative estimate of drug-likeness (QED) is 0.569. The molecule has 162 valence electrons. The molecule has 0 unspecified atom stereocenters. The second kappa shape index (κ2) is 8.28. The Morgan fingerprint density at radius 2 is 1.87 bits per heavy atom. The lowest BCUT2D eigenvalue weighted by molar-refractivity contribution is 0.0517. The number of benzene rings is 2. The number of aromatic nitrogens is 2. The zero-order valence-corrected chi connectivity index (χ0v) is 18.6. The molecule has 4 rings (SSSR count). The number of hydrogen-bond acceptors (Lipinski definition) is 5. The van der Waals surface area contributed by atoms with Crippen LogP contribution in [-0.2, 0) is 27.7 Å². The van der Waals surface area contributed by atoms with Gasteiger partial charge >= 0.3 is 5.97 Å². The molecular formula is C23H25N3O4S. The number of esters is 1. The maximum atomic E-state index is 13.4. The van der Waals surface area contributed by atoms with Gasteiger partial charge in [-0.1, -0.05) is 30.3 Å². The average Bonchev–Trinajstić information content (AvgIpc) is 3.15. The number of rotatable bonds is 5. The molecule has 0 N–H and O–H groups in total.